The summed E-state index contributed by atoms with van der Waals surface area (Å²) in [6.07, 6.45) is -0.539. The van der Waals surface area contributed by atoms with Gasteiger partial charge in [0.05, 0.1) is 13.2 Å². The number of nitrogens with zero attached hydrogens (tertiary/aromatic N) is 1. The van der Waals surface area contributed by atoms with E-state index in [1.165, 1.54) is 0 Å². The summed E-state index contributed by atoms with van der Waals surface area (Å²) in [6.45, 7) is 3.48. The van der Waals surface area contributed by atoms with Crippen LogP contribution in [0.25, 0.3) is 0 Å². The number of ether oxygens (including phenoxy) is 1. The van der Waals surface area contributed by atoms with E-state index in [1.807, 2.05) is 11.9 Å². The molecule has 3 N–H and O–H groups in total. The number of nitrogens with two attached hydrogens (primary N) is 1. The van der Waals surface area contributed by atoms with Gasteiger partial charge in [0.1, 0.15) is 6.10 Å². The average Bonchev–Trinajstić information content (AvgIpc) is 2.04. The maximum Gasteiger partial charge on any atom is 0.246 e. The summed E-state index contributed by atoms with van der Waals surface area (Å²) in [5.41, 5.74) is 4.99. The molecule has 0 fully saturated rings. The molecule has 0 saturated heterocycles. The predicted molar refractivity (Wildman–Crippen MR) is 49.2 cm³/mol. The lowest BCUT2D eigenvalue weighted by atomic mass is 10.4. The van der Waals surface area contributed by atoms with E-state index < -0.39 is 12.0 Å². The van der Waals surface area contributed by atoms with E-state index in [0.717, 1.165) is 0 Å². The number of hydrogen-bond acceptors (Lipinski definition) is 4. The Hall–Kier alpha value is -0.650. The van der Waals surface area contributed by atoms with Gasteiger partial charge in [-0.2, -0.15) is 0 Å². The van der Waals surface area contributed by atoms with Crippen LogP contribution in [-0.4, -0.2) is 55.4 Å². The Bertz CT molecular complexity index is 152. The van der Waals surface area contributed by atoms with E-state index in [4.69, 9.17) is 15.6 Å². The first kappa shape index (κ1) is 12.3. The van der Waals surface area contributed by atoms with Crippen molar-refractivity contribution >= 4 is 5.91 Å². The SMILES string of the molecule is CC(OCCN(C)CCO)C(N)=O. The van der Waals surface area contributed by atoms with Crippen molar-refractivity contribution in [3.63, 3.8) is 0 Å². The summed E-state index contributed by atoms with van der Waals surface area (Å²) in [5.74, 6) is -0.454. The van der Waals surface area contributed by atoms with Crippen LogP contribution in [0.5, 0.6) is 0 Å². The van der Waals surface area contributed by atoms with Crippen molar-refractivity contribution in [3.05, 3.63) is 0 Å². The molecule has 78 valence electrons. The zero-order chi connectivity index (χ0) is 10.3. The summed E-state index contributed by atoms with van der Waals surface area (Å²) < 4.78 is 5.12. The zero-order valence-corrected chi connectivity index (χ0v) is 8.19. The van der Waals surface area contributed by atoms with Gasteiger partial charge >= 0.3 is 0 Å². The minimum absolute atomic E-state index is 0.127. The van der Waals surface area contributed by atoms with Crippen LogP contribution in [0.15, 0.2) is 0 Å². The summed E-state index contributed by atoms with van der Waals surface area (Å²) in [7, 11) is 1.87. The van der Waals surface area contributed by atoms with Gasteiger partial charge in [-0.3, -0.25) is 4.79 Å². The predicted octanol–water partition coefficient (Wildman–Crippen LogP) is -1.20. The lowest BCUT2D eigenvalue weighted by molar-refractivity contribution is -0.128. The summed E-state index contributed by atoms with van der Waals surface area (Å²) in [4.78, 5) is 12.5. The summed E-state index contributed by atoms with van der Waals surface area (Å²) >= 11 is 0. The van der Waals surface area contributed by atoms with Crippen LogP contribution in [0, 0.1) is 0 Å². The first-order chi connectivity index (χ1) is 6.07. The number of carbonyl (C=O) groups is 1. The smallest absolute Gasteiger partial charge is 0.246 e. The van der Waals surface area contributed by atoms with E-state index in [1.54, 1.807) is 6.92 Å². The third-order valence-electron chi connectivity index (χ3n) is 1.72. The van der Waals surface area contributed by atoms with E-state index in [-0.39, 0.29) is 6.61 Å². The van der Waals surface area contributed by atoms with Gasteiger partial charge in [-0.15, -0.1) is 0 Å². The molecule has 0 aromatic carbocycles. The molecule has 0 aliphatic carbocycles. The van der Waals surface area contributed by atoms with Crippen LogP contribution < -0.4 is 5.73 Å². The number of amides is 1. The van der Waals surface area contributed by atoms with Crippen LogP contribution in [0.3, 0.4) is 0 Å². The normalized spacial score (nSPS) is 13.2. The summed E-state index contributed by atoms with van der Waals surface area (Å²) in [6, 6.07) is 0. The maximum atomic E-state index is 10.5. The molecule has 0 aromatic rings. The monoisotopic (exact) mass is 190 g/mol. The highest BCUT2D eigenvalue weighted by atomic mass is 16.5. The van der Waals surface area contributed by atoms with Gasteiger partial charge in [0.2, 0.25) is 5.91 Å². The molecule has 0 radical (unpaired) electrons. The van der Waals surface area contributed by atoms with Gasteiger partial charge in [-0.25, -0.2) is 0 Å². The molecule has 0 aliphatic heterocycles. The molecule has 0 saturated carbocycles. The van der Waals surface area contributed by atoms with Gasteiger partial charge in [-0.1, -0.05) is 0 Å². The van der Waals surface area contributed by atoms with E-state index in [2.05, 4.69) is 0 Å². The molecule has 1 amide bonds. The first-order valence-corrected chi connectivity index (χ1v) is 4.28. The Balaban J connectivity index is 3.39. The lowest BCUT2D eigenvalue weighted by Gasteiger charge is -2.16. The number of aliphatic hydroxyl groups is 1. The highest BCUT2D eigenvalue weighted by molar-refractivity contribution is 5.78. The molecule has 5 heteroatoms. The molecule has 0 heterocycles. The Morgan fingerprint density at radius 1 is 1.62 bits per heavy atom. The fourth-order valence-electron chi connectivity index (χ4n) is 0.750. The fraction of sp³-hybridized carbons (Fsp3) is 0.875. The average molecular weight is 190 g/mol. The Labute approximate surface area is 78.5 Å². The van der Waals surface area contributed by atoms with Crippen molar-refractivity contribution in [2.75, 3.05) is 33.4 Å². The van der Waals surface area contributed by atoms with E-state index in [0.29, 0.717) is 19.7 Å². The lowest BCUT2D eigenvalue weighted by Crippen LogP contribution is -2.32. The van der Waals surface area contributed by atoms with Crippen molar-refractivity contribution in [3.8, 4) is 0 Å². The van der Waals surface area contributed by atoms with Gasteiger partial charge in [-0.05, 0) is 14.0 Å². The molecule has 0 spiro atoms. The summed E-state index contributed by atoms with van der Waals surface area (Å²) in [5, 5.41) is 8.58. The first-order valence-electron chi connectivity index (χ1n) is 4.28. The third kappa shape index (κ3) is 6.51. The van der Waals surface area contributed by atoms with Gasteiger partial charge in [0.15, 0.2) is 0 Å². The number of hydrogen-bond donors (Lipinski definition) is 2. The minimum Gasteiger partial charge on any atom is -0.395 e. The van der Waals surface area contributed by atoms with E-state index >= 15 is 0 Å². The number of aliphatic hydroxyl groups excluding tert-OH is 1. The highest BCUT2D eigenvalue weighted by Crippen LogP contribution is 1.89. The number of carbonyl (C=O) groups excluding carboxylic acids is 1. The molecular formula is C8H18N2O3. The zero-order valence-electron chi connectivity index (χ0n) is 8.19. The van der Waals surface area contributed by atoms with Crippen LogP contribution >= 0.6 is 0 Å². The highest BCUT2D eigenvalue weighted by Gasteiger charge is 2.08. The molecule has 0 aliphatic rings. The quantitative estimate of drug-likeness (QED) is 0.529. The minimum atomic E-state index is -0.539. The number of primary amides is 1. The molecular weight excluding hydrogens is 172 g/mol. The molecule has 1 unspecified atom stereocenters. The molecule has 1 atom stereocenters. The third-order valence-corrected chi connectivity index (χ3v) is 1.72. The van der Waals surface area contributed by atoms with Gasteiger partial charge in [0, 0.05) is 13.1 Å². The molecule has 13 heavy (non-hydrogen) atoms. The second-order valence-corrected chi connectivity index (χ2v) is 2.94. The Morgan fingerprint density at radius 2 is 2.23 bits per heavy atom. The molecule has 0 rings (SSSR count). The maximum absolute atomic E-state index is 10.5. The van der Waals surface area contributed by atoms with E-state index in [9.17, 15) is 4.79 Å². The second kappa shape index (κ2) is 6.82. The number of rotatable bonds is 7. The van der Waals surface area contributed by atoms with Crippen molar-refractivity contribution < 1.29 is 14.6 Å². The standard InChI is InChI=1S/C8H18N2O3/c1-7(8(9)12)13-6-4-10(2)3-5-11/h7,11H,3-6H2,1-2H3,(H2,9,12). The van der Waals surface area contributed by atoms with Crippen molar-refractivity contribution in [1.82, 2.24) is 4.90 Å². The Morgan fingerprint density at radius 3 is 2.69 bits per heavy atom. The van der Waals surface area contributed by atoms with Crippen LogP contribution in [-0.2, 0) is 9.53 Å². The van der Waals surface area contributed by atoms with Gasteiger partial charge in [0.25, 0.3) is 0 Å². The Kier molecular flexibility index (Phi) is 6.48. The van der Waals surface area contributed by atoms with Crippen LogP contribution in [0.1, 0.15) is 6.92 Å². The molecule has 0 bridgehead atoms. The second-order valence-electron chi connectivity index (χ2n) is 2.94. The number of likely N-dealkylation sites (N-methyl/N-ethyl adjacent to an activating group) is 1. The van der Waals surface area contributed by atoms with Gasteiger partial charge < -0.3 is 20.5 Å². The topological polar surface area (TPSA) is 75.8 Å². The van der Waals surface area contributed by atoms with Crippen molar-refractivity contribution in [2.24, 2.45) is 5.73 Å². The fourth-order valence-corrected chi connectivity index (χ4v) is 0.750. The molecule has 5 nitrogen and oxygen atoms in total. The van der Waals surface area contributed by atoms with Crippen LogP contribution in [0.4, 0.5) is 0 Å². The largest absolute Gasteiger partial charge is 0.395 e. The van der Waals surface area contributed by atoms with Crippen LogP contribution in [0.2, 0.25) is 0 Å². The molecule has 0 aromatic heterocycles. The van der Waals surface area contributed by atoms with Crippen molar-refractivity contribution in [2.45, 2.75) is 13.0 Å². The van der Waals surface area contributed by atoms with Crippen molar-refractivity contribution in [1.29, 1.82) is 0 Å².